The molecule has 3 rings (SSSR count). The van der Waals surface area contributed by atoms with Crippen molar-refractivity contribution in [1.82, 2.24) is 25.3 Å². The zero-order chi connectivity index (χ0) is 18.5. The largest absolute Gasteiger partial charge is 0.352 e. The lowest BCUT2D eigenvalue weighted by atomic mass is 9.98. The molecule has 1 amide bonds. The van der Waals surface area contributed by atoms with Gasteiger partial charge in [0.1, 0.15) is 0 Å². The van der Waals surface area contributed by atoms with E-state index in [1.807, 2.05) is 32.0 Å². The second-order valence-corrected chi connectivity index (χ2v) is 6.78. The Morgan fingerprint density at radius 2 is 2.08 bits per heavy atom. The third kappa shape index (κ3) is 4.25. The number of hydrogen-bond acceptors (Lipinski definition) is 7. The fourth-order valence-electron chi connectivity index (χ4n) is 3.09. The summed E-state index contributed by atoms with van der Waals surface area (Å²) in [6.07, 6.45) is 7.26. The average molecular weight is 355 g/mol. The normalized spacial score (nSPS) is 17.0. The van der Waals surface area contributed by atoms with Crippen LogP contribution in [0.1, 0.15) is 28.9 Å². The van der Waals surface area contributed by atoms with Crippen LogP contribution in [-0.4, -0.2) is 59.6 Å². The number of carbonyl (C=O) groups is 1. The lowest BCUT2D eigenvalue weighted by molar-refractivity contribution is 0.0944. The molecule has 1 aliphatic rings. The van der Waals surface area contributed by atoms with Crippen LogP contribution in [0.3, 0.4) is 0 Å². The van der Waals surface area contributed by atoms with Crippen LogP contribution in [0.15, 0.2) is 24.7 Å². The predicted octanol–water partition coefficient (Wildman–Crippen LogP) is 1.29. The zero-order valence-corrected chi connectivity index (χ0v) is 15.5. The first-order valence-electron chi connectivity index (χ1n) is 8.85. The van der Waals surface area contributed by atoms with Gasteiger partial charge in [0.2, 0.25) is 11.9 Å². The average Bonchev–Trinajstić information content (AvgIpc) is 2.67. The standard InChI is InChI=1S/C18H25N7O/c1-13-15(11-22-18(23-13)24(2)3)16(26)21-10-14-6-4-9-25(12-14)17-19-7-5-8-20-17/h5,7-8,11,14H,4,6,9-10,12H2,1-3H3,(H,21,26)/t14-/m0/s1. The van der Waals surface area contributed by atoms with Gasteiger partial charge in [-0.2, -0.15) is 0 Å². The molecule has 2 aromatic heterocycles. The number of hydrogen-bond donors (Lipinski definition) is 1. The highest BCUT2D eigenvalue weighted by molar-refractivity contribution is 5.95. The second kappa shape index (κ2) is 8.07. The van der Waals surface area contributed by atoms with Gasteiger partial charge < -0.3 is 15.1 Å². The van der Waals surface area contributed by atoms with Crippen molar-refractivity contribution in [2.75, 3.05) is 43.5 Å². The zero-order valence-electron chi connectivity index (χ0n) is 15.5. The molecule has 1 fully saturated rings. The van der Waals surface area contributed by atoms with Gasteiger partial charge in [-0.3, -0.25) is 4.79 Å². The van der Waals surface area contributed by atoms with Gasteiger partial charge in [0.15, 0.2) is 0 Å². The van der Waals surface area contributed by atoms with Gasteiger partial charge >= 0.3 is 0 Å². The Kier molecular flexibility index (Phi) is 5.60. The van der Waals surface area contributed by atoms with Crippen LogP contribution < -0.4 is 15.1 Å². The number of anilines is 2. The van der Waals surface area contributed by atoms with Crippen molar-refractivity contribution in [3.05, 3.63) is 35.9 Å². The molecule has 8 nitrogen and oxygen atoms in total. The summed E-state index contributed by atoms with van der Waals surface area (Å²) < 4.78 is 0. The van der Waals surface area contributed by atoms with Gasteiger partial charge in [-0.05, 0) is 31.7 Å². The highest BCUT2D eigenvalue weighted by Crippen LogP contribution is 2.19. The van der Waals surface area contributed by atoms with Crippen molar-refractivity contribution in [2.24, 2.45) is 5.92 Å². The summed E-state index contributed by atoms with van der Waals surface area (Å²) in [5.74, 6) is 1.61. The molecular formula is C18H25N7O. The number of rotatable bonds is 5. The Morgan fingerprint density at radius 3 is 2.77 bits per heavy atom. The lowest BCUT2D eigenvalue weighted by Gasteiger charge is -2.32. The van der Waals surface area contributed by atoms with E-state index in [9.17, 15) is 4.79 Å². The van der Waals surface area contributed by atoms with Crippen molar-refractivity contribution in [1.29, 1.82) is 0 Å². The van der Waals surface area contributed by atoms with Gasteiger partial charge in [-0.25, -0.2) is 19.9 Å². The Bertz CT molecular complexity index is 750. The number of nitrogens with zero attached hydrogens (tertiary/aromatic N) is 6. The Balaban J connectivity index is 1.57. The third-order valence-electron chi connectivity index (χ3n) is 4.52. The van der Waals surface area contributed by atoms with Crippen LogP contribution in [0.25, 0.3) is 0 Å². The van der Waals surface area contributed by atoms with E-state index in [1.54, 1.807) is 18.6 Å². The minimum absolute atomic E-state index is 0.124. The number of aromatic nitrogens is 4. The van der Waals surface area contributed by atoms with Gasteiger partial charge in [0, 0.05) is 52.3 Å². The van der Waals surface area contributed by atoms with E-state index in [1.165, 1.54) is 0 Å². The number of carbonyl (C=O) groups excluding carboxylic acids is 1. The number of piperidine rings is 1. The first kappa shape index (κ1) is 18.0. The maximum Gasteiger partial charge on any atom is 0.254 e. The summed E-state index contributed by atoms with van der Waals surface area (Å²) in [5, 5.41) is 3.03. The monoisotopic (exact) mass is 355 g/mol. The summed E-state index contributed by atoms with van der Waals surface area (Å²) in [4.78, 5) is 33.7. The van der Waals surface area contributed by atoms with Crippen molar-refractivity contribution in [3.8, 4) is 0 Å². The molecule has 2 aromatic rings. The smallest absolute Gasteiger partial charge is 0.254 e. The highest BCUT2D eigenvalue weighted by Gasteiger charge is 2.22. The van der Waals surface area contributed by atoms with E-state index in [4.69, 9.17) is 0 Å². The maximum atomic E-state index is 12.5. The number of amides is 1. The first-order valence-corrected chi connectivity index (χ1v) is 8.85. The summed E-state index contributed by atoms with van der Waals surface area (Å²) in [5.41, 5.74) is 1.21. The van der Waals surface area contributed by atoms with Gasteiger partial charge in [-0.1, -0.05) is 0 Å². The van der Waals surface area contributed by atoms with Crippen molar-refractivity contribution in [3.63, 3.8) is 0 Å². The van der Waals surface area contributed by atoms with Crippen LogP contribution in [-0.2, 0) is 0 Å². The summed E-state index contributed by atoms with van der Waals surface area (Å²) in [6.45, 7) is 4.25. The van der Waals surface area contributed by atoms with Crippen LogP contribution >= 0.6 is 0 Å². The van der Waals surface area contributed by atoms with Gasteiger partial charge in [0.05, 0.1) is 11.3 Å². The van der Waals surface area contributed by atoms with Gasteiger partial charge in [0.25, 0.3) is 5.91 Å². The van der Waals surface area contributed by atoms with Crippen LogP contribution in [0.2, 0.25) is 0 Å². The molecule has 3 heterocycles. The molecule has 0 saturated carbocycles. The quantitative estimate of drug-likeness (QED) is 0.864. The fourth-order valence-corrected chi connectivity index (χ4v) is 3.09. The van der Waals surface area contributed by atoms with E-state index in [0.717, 1.165) is 31.9 Å². The molecule has 0 spiro atoms. The number of nitrogens with one attached hydrogen (secondary N) is 1. The Morgan fingerprint density at radius 1 is 1.31 bits per heavy atom. The molecule has 1 aliphatic heterocycles. The van der Waals surface area contributed by atoms with E-state index >= 15 is 0 Å². The van der Waals surface area contributed by atoms with Crippen molar-refractivity contribution >= 4 is 17.8 Å². The fraction of sp³-hybridized carbons (Fsp3) is 0.500. The molecule has 26 heavy (non-hydrogen) atoms. The topological polar surface area (TPSA) is 87.1 Å². The SMILES string of the molecule is Cc1nc(N(C)C)ncc1C(=O)NC[C@@H]1CCCN(c2ncccn2)C1. The molecule has 0 radical (unpaired) electrons. The third-order valence-corrected chi connectivity index (χ3v) is 4.52. The van der Waals surface area contributed by atoms with E-state index in [2.05, 4.69) is 30.2 Å². The van der Waals surface area contributed by atoms with Crippen LogP contribution in [0, 0.1) is 12.8 Å². The van der Waals surface area contributed by atoms with E-state index < -0.39 is 0 Å². The van der Waals surface area contributed by atoms with Crippen LogP contribution in [0.4, 0.5) is 11.9 Å². The first-order chi connectivity index (χ1) is 12.5. The Hall–Kier alpha value is -2.77. The minimum Gasteiger partial charge on any atom is -0.352 e. The van der Waals surface area contributed by atoms with Crippen LogP contribution in [0.5, 0.6) is 0 Å². The van der Waals surface area contributed by atoms with E-state index in [-0.39, 0.29) is 5.91 Å². The highest BCUT2D eigenvalue weighted by atomic mass is 16.1. The van der Waals surface area contributed by atoms with E-state index in [0.29, 0.717) is 29.7 Å². The number of aryl methyl sites for hydroxylation is 1. The molecule has 0 unspecified atom stereocenters. The summed E-state index contributed by atoms with van der Waals surface area (Å²) in [7, 11) is 3.75. The minimum atomic E-state index is -0.124. The maximum absolute atomic E-state index is 12.5. The van der Waals surface area contributed by atoms with Gasteiger partial charge in [-0.15, -0.1) is 0 Å². The predicted molar refractivity (Wildman–Crippen MR) is 100 cm³/mol. The molecular weight excluding hydrogens is 330 g/mol. The summed E-state index contributed by atoms with van der Waals surface area (Å²) >= 11 is 0. The van der Waals surface area contributed by atoms with Crippen molar-refractivity contribution in [2.45, 2.75) is 19.8 Å². The molecule has 1 atom stereocenters. The molecule has 8 heteroatoms. The van der Waals surface area contributed by atoms with Crippen molar-refractivity contribution < 1.29 is 4.79 Å². The molecule has 138 valence electrons. The summed E-state index contributed by atoms with van der Waals surface area (Å²) in [6, 6.07) is 1.82. The molecule has 0 aliphatic carbocycles. The lowest BCUT2D eigenvalue weighted by Crippen LogP contribution is -2.41. The molecule has 1 N–H and O–H groups in total. The molecule has 0 aromatic carbocycles. The molecule has 1 saturated heterocycles. The second-order valence-electron chi connectivity index (χ2n) is 6.78. The molecule has 0 bridgehead atoms. The Labute approximate surface area is 153 Å².